The van der Waals surface area contributed by atoms with Crippen molar-refractivity contribution in [2.45, 2.75) is 11.8 Å². The van der Waals surface area contributed by atoms with Gasteiger partial charge in [0.25, 0.3) is 10.0 Å². The monoisotopic (exact) mass is 556 g/mol. The predicted molar refractivity (Wildman–Crippen MR) is 157 cm³/mol. The van der Waals surface area contributed by atoms with Gasteiger partial charge < -0.3 is 19.7 Å². The largest absolute Gasteiger partial charge is 0.489 e. The number of anilines is 2. The molecule has 38 heavy (non-hydrogen) atoms. The molecule has 3 aromatic carbocycles. The lowest BCUT2D eigenvalue weighted by Gasteiger charge is -2.18. The molecule has 0 aliphatic heterocycles. The number of hydrogen-bond donors (Lipinski definition) is 2. The first-order chi connectivity index (χ1) is 18.2. The van der Waals surface area contributed by atoms with Crippen molar-refractivity contribution in [2.75, 3.05) is 49.9 Å². The summed E-state index contributed by atoms with van der Waals surface area (Å²) in [6.45, 7) is 5.65. The van der Waals surface area contributed by atoms with Crippen LogP contribution in [0.5, 0.6) is 5.75 Å². The molecule has 2 N–H and O–H groups in total. The molecule has 0 heterocycles. The topological polar surface area (TPSA) is 109 Å². The Morgan fingerprint density at radius 1 is 1.11 bits per heavy atom. The Labute approximate surface area is 228 Å². The van der Waals surface area contributed by atoms with Crippen LogP contribution >= 0.6 is 11.8 Å². The van der Waals surface area contributed by atoms with E-state index >= 15 is 0 Å². The van der Waals surface area contributed by atoms with Crippen molar-refractivity contribution in [3.63, 3.8) is 0 Å². The van der Waals surface area contributed by atoms with E-state index < -0.39 is 10.0 Å². The highest BCUT2D eigenvalue weighted by Gasteiger charge is 2.21. The summed E-state index contributed by atoms with van der Waals surface area (Å²) in [6, 6.07) is 15.9. The van der Waals surface area contributed by atoms with Gasteiger partial charge in [-0.15, -0.1) is 11.8 Å². The molecule has 0 aliphatic carbocycles. The van der Waals surface area contributed by atoms with Gasteiger partial charge in [0.2, 0.25) is 5.91 Å². The molecule has 0 spiro atoms. The molecule has 9 nitrogen and oxygen atoms in total. The summed E-state index contributed by atoms with van der Waals surface area (Å²) >= 11 is 1.33. The van der Waals surface area contributed by atoms with Crippen molar-refractivity contribution in [3.8, 4) is 5.75 Å². The Balaban J connectivity index is 2.03. The molecule has 0 aliphatic rings. The van der Waals surface area contributed by atoms with Crippen LogP contribution in [-0.2, 0) is 19.6 Å². The third-order valence-electron chi connectivity index (χ3n) is 5.46. The Kier molecular flexibility index (Phi) is 10.2. The third-order valence-corrected chi connectivity index (χ3v) is 7.59. The number of methoxy groups -OCH3 is 1. The SMILES string of the molecule is C=N/C(=C\SCNC(C)=O)c1ccc(OCCOC)c(NS(=O)(=O)c2cccc3c(N(C)C)cccc23)c1. The van der Waals surface area contributed by atoms with Gasteiger partial charge in [0, 0.05) is 50.2 Å². The number of nitrogens with one attached hydrogen (secondary N) is 2. The van der Waals surface area contributed by atoms with Gasteiger partial charge in [-0.05, 0) is 42.5 Å². The van der Waals surface area contributed by atoms with E-state index in [0.29, 0.717) is 34.9 Å². The molecule has 3 aromatic rings. The van der Waals surface area contributed by atoms with Crippen LogP contribution in [0.15, 0.2) is 69.9 Å². The van der Waals surface area contributed by atoms with Gasteiger partial charge in [0.1, 0.15) is 12.4 Å². The maximum Gasteiger partial charge on any atom is 0.262 e. The molecule has 0 atom stereocenters. The normalized spacial score (nSPS) is 11.7. The van der Waals surface area contributed by atoms with Gasteiger partial charge in [0.15, 0.2) is 0 Å². The Morgan fingerprint density at radius 2 is 1.84 bits per heavy atom. The minimum absolute atomic E-state index is 0.139. The highest BCUT2D eigenvalue weighted by molar-refractivity contribution is 8.02. The zero-order chi connectivity index (χ0) is 27.7. The molecule has 0 unspecified atom stereocenters. The van der Waals surface area contributed by atoms with E-state index in [9.17, 15) is 13.2 Å². The number of aliphatic imine (C=N–C) groups is 1. The number of carbonyl (C=O) groups excluding carboxylic acids is 1. The minimum atomic E-state index is -4.01. The standard InChI is InChI=1S/C27H32N4O5S2/c1-19(32)29-18-37-17-24(28-2)20-12-13-26(36-15-14-35-5)23(16-20)30-38(33,34)27-11-7-8-21-22(27)9-6-10-25(21)31(3)4/h6-13,16-17,30H,2,14-15,18H2,1,3-5H3,(H,29,32)/b24-17-. The van der Waals surface area contributed by atoms with E-state index in [1.807, 2.05) is 37.2 Å². The number of amides is 1. The highest BCUT2D eigenvalue weighted by Crippen LogP contribution is 2.35. The Hall–Kier alpha value is -3.54. The van der Waals surface area contributed by atoms with E-state index in [2.05, 4.69) is 21.7 Å². The van der Waals surface area contributed by atoms with Crippen LogP contribution in [0, 0.1) is 0 Å². The molecular weight excluding hydrogens is 524 g/mol. The number of fused-ring (bicyclic) bond motifs is 1. The second kappa shape index (κ2) is 13.3. The number of benzene rings is 3. The average Bonchev–Trinajstić information content (AvgIpc) is 2.88. The van der Waals surface area contributed by atoms with Crippen LogP contribution in [0.3, 0.4) is 0 Å². The van der Waals surface area contributed by atoms with E-state index in [0.717, 1.165) is 11.1 Å². The van der Waals surface area contributed by atoms with E-state index in [-0.39, 0.29) is 23.1 Å². The molecule has 3 rings (SSSR count). The Bertz CT molecular complexity index is 1440. The van der Waals surface area contributed by atoms with Gasteiger partial charge in [-0.2, -0.15) is 0 Å². The molecular formula is C27H32N4O5S2. The summed E-state index contributed by atoms with van der Waals surface area (Å²) < 4.78 is 41.0. The number of rotatable bonds is 13. The number of thioether (sulfide) groups is 1. The van der Waals surface area contributed by atoms with E-state index in [1.54, 1.807) is 48.9 Å². The molecule has 0 saturated carbocycles. The number of carbonyl (C=O) groups is 1. The molecule has 1 amide bonds. The van der Waals surface area contributed by atoms with Gasteiger partial charge in [-0.25, -0.2) is 8.42 Å². The first kappa shape index (κ1) is 29.0. The van der Waals surface area contributed by atoms with Crippen LogP contribution in [0.4, 0.5) is 11.4 Å². The fraction of sp³-hybridized carbons (Fsp3) is 0.259. The molecule has 0 radical (unpaired) electrons. The highest BCUT2D eigenvalue weighted by atomic mass is 32.2. The van der Waals surface area contributed by atoms with Crippen molar-refractivity contribution < 1.29 is 22.7 Å². The zero-order valence-corrected chi connectivity index (χ0v) is 23.5. The van der Waals surface area contributed by atoms with E-state index in [1.165, 1.54) is 18.7 Å². The van der Waals surface area contributed by atoms with Gasteiger partial charge in [-0.1, -0.05) is 24.3 Å². The maximum atomic E-state index is 13.7. The van der Waals surface area contributed by atoms with Crippen LogP contribution in [0.25, 0.3) is 16.5 Å². The summed E-state index contributed by atoms with van der Waals surface area (Å²) in [6.07, 6.45) is 0. The Morgan fingerprint density at radius 3 is 2.53 bits per heavy atom. The first-order valence-corrected chi connectivity index (χ1v) is 14.2. The number of nitrogens with zero attached hydrogens (tertiary/aromatic N) is 2. The van der Waals surface area contributed by atoms with Crippen LogP contribution < -0.4 is 19.7 Å². The molecule has 0 fully saturated rings. The molecule has 202 valence electrons. The molecule has 0 saturated heterocycles. The van der Waals surface area contributed by atoms with Crippen LogP contribution in [0.2, 0.25) is 0 Å². The van der Waals surface area contributed by atoms with Crippen molar-refractivity contribution >= 4 is 62.3 Å². The minimum Gasteiger partial charge on any atom is -0.489 e. The van der Waals surface area contributed by atoms with Crippen molar-refractivity contribution in [1.82, 2.24) is 5.32 Å². The van der Waals surface area contributed by atoms with Crippen LogP contribution in [-0.4, -0.2) is 61.3 Å². The lowest BCUT2D eigenvalue weighted by atomic mass is 10.1. The third kappa shape index (κ3) is 7.27. The molecule has 0 bridgehead atoms. The van der Waals surface area contributed by atoms with Gasteiger partial charge in [0.05, 0.1) is 28.8 Å². The summed E-state index contributed by atoms with van der Waals surface area (Å²) in [4.78, 5) is 17.3. The van der Waals surface area contributed by atoms with E-state index in [4.69, 9.17) is 9.47 Å². The van der Waals surface area contributed by atoms with Gasteiger partial charge >= 0.3 is 0 Å². The summed E-state index contributed by atoms with van der Waals surface area (Å²) in [7, 11) is 1.37. The van der Waals surface area contributed by atoms with Gasteiger partial charge in [-0.3, -0.25) is 14.5 Å². The number of hydrogen-bond acceptors (Lipinski definition) is 8. The quantitative estimate of drug-likeness (QED) is 0.180. The zero-order valence-electron chi connectivity index (χ0n) is 21.9. The van der Waals surface area contributed by atoms with Crippen molar-refractivity contribution in [3.05, 3.63) is 65.6 Å². The second-order valence-corrected chi connectivity index (χ2v) is 10.9. The average molecular weight is 557 g/mol. The smallest absolute Gasteiger partial charge is 0.262 e. The maximum absolute atomic E-state index is 13.7. The summed E-state index contributed by atoms with van der Waals surface area (Å²) in [5, 5.41) is 5.86. The second-order valence-electron chi connectivity index (χ2n) is 8.39. The first-order valence-electron chi connectivity index (χ1n) is 11.7. The predicted octanol–water partition coefficient (Wildman–Crippen LogP) is 4.56. The fourth-order valence-corrected chi connectivity index (χ4v) is 5.70. The lowest BCUT2D eigenvalue weighted by molar-refractivity contribution is -0.118. The molecule has 11 heteroatoms. The molecule has 0 aromatic heterocycles. The lowest BCUT2D eigenvalue weighted by Crippen LogP contribution is -2.18. The van der Waals surface area contributed by atoms with Crippen LogP contribution in [0.1, 0.15) is 12.5 Å². The summed E-state index contributed by atoms with van der Waals surface area (Å²) in [5.41, 5.74) is 2.31. The fourth-order valence-electron chi connectivity index (χ4n) is 3.68. The number of ether oxygens (including phenoxy) is 2. The van der Waals surface area contributed by atoms with Crippen molar-refractivity contribution in [2.24, 2.45) is 4.99 Å². The van der Waals surface area contributed by atoms with Crippen molar-refractivity contribution in [1.29, 1.82) is 0 Å². The summed E-state index contributed by atoms with van der Waals surface area (Å²) in [5.74, 6) is 0.569. The number of sulfonamides is 1.